The zero-order valence-corrected chi connectivity index (χ0v) is 9.68. The molecule has 0 atom stereocenters. The molecule has 4 heteroatoms. The van der Waals surface area contributed by atoms with Crippen LogP contribution in [0.15, 0.2) is 17.5 Å². The summed E-state index contributed by atoms with van der Waals surface area (Å²) < 4.78 is 12.4. The fraction of sp³-hybridized carbons (Fsp3) is 0.333. The Labute approximate surface area is 97.8 Å². The van der Waals surface area contributed by atoms with Crippen LogP contribution in [0.3, 0.4) is 0 Å². The second kappa shape index (κ2) is 3.96. The van der Waals surface area contributed by atoms with Crippen molar-refractivity contribution < 1.29 is 9.47 Å². The maximum Gasteiger partial charge on any atom is 0.162 e. The van der Waals surface area contributed by atoms with E-state index in [0.717, 1.165) is 17.9 Å². The molecule has 16 heavy (non-hydrogen) atoms. The topological polar surface area (TPSA) is 44.5 Å². The third-order valence-electron chi connectivity index (χ3n) is 2.73. The quantitative estimate of drug-likeness (QED) is 0.867. The second-order valence-corrected chi connectivity index (χ2v) is 4.70. The van der Waals surface area contributed by atoms with E-state index in [1.807, 2.05) is 0 Å². The Hall–Kier alpha value is -1.26. The summed E-state index contributed by atoms with van der Waals surface area (Å²) in [6, 6.07) is 4.14. The predicted molar refractivity (Wildman–Crippen MR) is 65.6 cm³/mol. The zero-order valence-electron chi connectivity index (χ0n) is 8.86. The number of benzene rings is 1. The average Bonchev–Trinajstić information content (AvgIpc) is 2.70. The van der Waals surface area contributed by atoms with Gasteiger partial charge in [0.2, 0.25) is 0 Å². The summed E-state index contributed by atoms with van der Waals surface area (Å²) in [7, 11) is 0. The minimum Gasteiger partial charge on any atom is -0.486 e. The van der Waals surface area contributed by atoms with Crippen molar-refractivity contribution in [3.05, 3.63) is 23.1 Å². The summed E-state index contributed by atoms with van der Waals surface area (Å²) in [5.41, 5.74) is 6.90. The molecule has 0 radical (unpaired) electrons. The van der Waals surface area contributed by atoms with Gasteiger partial charge < -0.3 is 15.2 Å². The summed E-state index contributed by atoms with van der Waals surface area (Å²) in [5, 5.41) is 3.42. The average molecular weight is 235 g/mol. The molecule has 0 amide bonds. The lowest BCUT2D eigenvalue weighted by molar-refractivity contribution is 0.172. The van der Waals surface area contributed by atoms with E-state index in [4.69, 9.17) is 15.2 Å². The highest BCUT2D eigenvalue weighted by Gasteiger charge is 2.14. The van der Waals surface area contributed by atoms with E-state index in [1.54, 1.807) is 11.3 Å². The van der Waals surface area contributed by atoms with Crippen molar-refractivity contribution in [1.82, 2.24) is 0 Å². The Morgan fingerprint density at radius 2 is 1.94 bits per heavy atom. The summed E-state index contributed by atoms with van der Waals surface area (Å²) in [6.07, 6.45) is 0.916. The molecule has 0 fully saturated rings. The van der Waals surface area contributed by atoms with Crippen LogP contribution in [0.2, 0.25) is 0 Å². The first kappa shape index (κ1) is 9.93. The molecule has 0 unspecified atom stereocenters. The molecular formula is C12H13NO2S. The lowest BCUT2D eigenvalue weighted by Crippen LogP contribution is -2.15. The van der Waals surface area contributed by atoms with E-state index in [9.17, 15) is 0 Å². The van der Waals surface area contributed by atoms with Crippen LogP contribution < -0.4 is 15.2 Å². The Bertz CT molecular complexity index is 521. The molecular weight excluding hydrogens is 222 g/mol. The normalized spacial score (nSPS) is 14.3. The highest BCUT2D eigenvalue weighted by atomic mass is 32.1. The van der Waals surface area contributed by atoms with Gasteiger partial charge in [-0.05, 0) is 35.4 Å². The number of ether oxygens (including phenoxy) is 2. The summed E-state index contributed by atoms with van der Waals surface area (Å²) in [4.78, 5) is 0. The molecule has 2 N–H and O–H groups in total. The molecule has 1 aliphatic rings. The molecule has 3 nitrogen and oxygen atoms in total. The lowest BCUT2D eigenvalue weighted by Gasteiger charge is -2.18. The van der Waals surface area contributed by atoms with Crippen LogP contribution in [0.4, 0.5) is 0 Å². The van der Waals surface area contributed by atoms with Crippen LogP contribution in [0.1, 0.15) is 5.56 Å². The van der Waals surface area contributed by atoms with Crippen molar-refractivity contribution in [2.45, 2.75) is 6.42 Å². The van der Waals surface area contributed by atoms with Crippen molar-refractivity contribution >= 4 is 21.4 Å². The van der Waals surface area contributed by atoms with Crippen LogP contribution in [0.25, 0.3) is 10.1 Å². The second-order valence-electron chi connectivity index (χ2n) is 3.79. The highest BCUT2D eigenvalue weighted by Crippen LogP contribution is 2.38. The molecule has 0 spiro atoms. The number of fused-ring (bicyclic) bond motifs is 2. The van der Waals surface area contributed by atoms with Gasteiger partial charge in [0.15, 0.2) is 11.5 Å². The standard InChI is InChI=1S/C12H13NO2S/c13-2-1-8-7-16-12-6-11-10(5-9(8)12)14-3-4-15-11/h5-7H,1-4,13H2. The van der Waals surface area contributed by atoms with Gasteiger partial charge in [-0.1, -0.05) is 0 Å². The van der Waals surface area contributed by atoms with Crippen LogP contribution in [0, 0.1) is 0 Å². The molecule has 1 aromatic heterocycles. The summed E-state index contributed by atoms with van der Waals surface area (Å²) in [6.45, 7) is 1.95. The monoisotopic (exact) mass is 235 g/mol. The molecule has 0 aliphatic carbocycles. The third-order valence-corrected chi connectivity index (χ3v) is 3.73. The van der Waals surface area contributed by atoms with Crippen molar-refractivity contribution in [3.63, 3.8) is 0 Å². The van der Waals surface area contributed by atoms with Gasteiger partial charge in [-0.25, -0.2) is 0 Å². The van der Waals surface area contributed by atoms with Gasteiger partial charge in [-0.2, -0.15) is 0 Å². The minimum absolute atomic E-state index is 0.634. The van der Waals surface area contributed by atoms with E-state index in [0.29, 0.717) is 19.8 Å². The molecule has 3 rings (SSSR count). The van der Waals surface area contributed by atoms with Crippen molar-refractivity contribution in [3.8, 4) is 11.5 Å². The van der Waals surface area contributed by atoms with E-state index >= 15 is 0 Å². The molecule has 1 aromatic carbocycles. The van der Waals surface area contributed by atoms with Gasteiger partial charge in [0.05, 0.1) is 0 Å². The van der Waals surface area contributed by atoms with E-state index < -0.39 is 0 Å². The number of thiophene rings is 1. The molecule has 0 bridgehead atoms. The lowest BCUT2D eigenvalue weighted by atomic mass is 10.1. The smallest absolute Gasteiger partial charge is 0.162 e. The SMILES string of the molecule is NCCc1csc2cc3c(cc12)OCCO3. The van der Waals surface area contributed by atoms with Gasteiger partial charge in [0.25, 0.3) is 0 Å². The molecule has 2 aromatic rings. The van der Waals surface area contributed by atoms with Crippen LogP contribution in [-0.2, 0) is 6.42 Å². The first-order chi connectivity index (χ1) is 7.88. The van der Waals surface area contributed by atoms with Gasteiger partial charge in [-0.3, -0.25) is 0 Å². The molecule has 2 heterocycles. The van der Waals surface area contributed by atoms with Crippen LogP contribution in [0.5, 0.6) is 11.5 Å². The number of hydrogen-bond acceptors (Lipinski definition) is 4. The van der Waals surface area contributed by atoms with E-state index in [1.165, 1.54) is 15.6 Å². The highest BCUT2D eigenvalue weighted by molar-refractivity contribution is 7.17. The third kappa shape index (κ3) is 1.54. The maximum absolute atomic E-state index is 5.60. The molecule has 1 aliphatic heterocycles. The maximum atomic E-state index is 5.60. The first-order valence-electron chi connectivity index (χ1n) is 5.38. The minimum atomic E-state index is 0.634. The molecule has 0 saturated carbocycles. The molecule has 84 valence electrons. The van der Waals surface area contributed by atoms with Crippen LogP contribution in [-0.4, -0.2) is 19.8 Å². The van der Waals surface area contributed by atoms with Crippen molar-refractivity contribution in [2.24, 2.45) is 5.73 Å². The number of rotatable bonds is 2. The van der Waals surface area contributed by atoms with Gasteiger partial charge >= 0.3 is 0 Å². The molecule has 0 saturated heterocycles. The fourth-order valence-corrected chi connectivity index (χ4v) is 2.97. The van der Waals surface area contributed by atoms with Gasteiger partial charge in [0, 0.05) is 10.8 Å². The summed E-state index contributed by atoms with van der Waals surface area (Å²) in [5.74, 6) is 1.72. The van der Waals surface area contributed by atoms with E-state index in [2.05, 4.69) is 17.5 Å². The van der Waals surface area contributed by atoms with Crippen molar-refractivity contribution in [2.75, 3.05) is 19.8 Å². The zero-order chi connectivity index (χ0) is 11.0. The van der Waals surface area contributed by atoms with Crippen molar-refractivity contribution in [1.29, 1.82) is 0 Å². The largest absolute Gasteiger partial charge is 0.486 e. The Morgan fingerprint density at radius 1 is 1.19 bits per heavy atom. The Kier molecular flexibility index (Phi) is 2.46. The van der Waals surface area contributed by atoms with Crippen LogP contribution >= 0.6 is 11.3 Å². The van der Waals surface area contributed by atoms with Gasteiger partial charge in [-0.15, -0.1) is 11.3 Å². The Balaban J connectivity index is 2.14. The number of nitrogens with two attached hydrogens (primary N) is 1. The number of hydrogen-bond donors (Lipinski definition) is 1. The Morgan fingerprint density at radius 3 is 2.69 bits per heavy atom. The first-order valence-corrected chi connectivity index (χ1v) is 6.26. The fourth-order valence-electron chi connectivity index (χ4n) is 1.97. The summed E-state index contributed by atoms with van der Waals surface area (Å²) >= 11 is 1.74. The van der Waals surface area contributed by atoms with Gasteiger partial charge in [0.1, 0.15) is 13.2 Å². The predicted octanol–water partition coefficient (Wildman–Crippen LogP) is 2.17. The van der Waals surface area contributed by atoms with E-state index in [-0.39, 0.29) is 0 Å².